The highest BCUT2D eigenvalue weighted by molar-refractivity contribution is 5.95. The lowest BCUT2D eigenvalue weighted by Crippen LogP contribution is -2.16. The molecular formula is C16H15N3O. The van der Waals surface area contributed by atoms with E-state index in [1.807, 2.05) is 44.3 Å². The number of hydrogen-bond acceptors (Lipinski definition) is 3. The molecule has 0 fully saturated rings. The molecule has 0 spiro atoms. The minimum atomic E-state index is -0.0731. The van der Waals surface area contributed by atoms with Gasteiger partial charge in [-0.2, -0.15) is 0 Å². The van der Waals surface area contributed by atoms with E-state index >= 15 is 0 Å². The van der Waals surface area contributed by atoms with Crippen LogP contribution < -0.4 is 5.56 Å². The lowest BCUT2D eigenvalue weighted by atomic mass is 9.95. The molecule has 0 aliphatic heterocycles. The third kappa shape index (κ3) is 1.99. The first-order chi connectivity index (χ1) is 9.68. The zero-order chi connectivity index (χ0) is 14.1. The van der Waals surface area contributed by atoms with Crippen molar-refractivity contribution in [3.8, 4) is 11.3 Å². The van der Waals surface area contributed by atoms with Gasteiger partial charge in [-0.1, -0.05) is 32.0 Å². The van der Waals surface area contributed by atoms with Gasteiger partial charge in [0.1, 0.15) is 0 Å². The largest absolute Gasteiger partial charge is 0.313 e. The van der Waals surface area contributed by atoms with Crippen molar-refractivity contribution in [3.63, 3.8) is 0 Å². The molecule has 3 aromatic rings. The molecule has 100 valence electrons. The summed E-state index contributed by atoms with van der Waals surface area (Å²) in [7, 11) is 0. The second-order valence-corrected chi connectivity index (χ2v) is 5.05. The van der Waals surface area contributed by atoms with Gasteiger partial charge in [0.2, 0.25) is 0 Å². The normalized spacial score (nSPS) is 11.2. The Labute approximate surface area is 116 Å². The molecule has 4 heteroatoms. The highest BCUT2D eigenvalue weighted by atomic mass is 16.1. The van der Waals surface area contributed by atoms with E-state index in [1.54, 1.807) is 6.20 Å². The topological polar surface area (TPSA) is 58.6 Å². The monoisotopic (exact) mass is 265 g/mol. The molecule has 20 heavy (non-hydrogen) atoms. The molecule has 0 saturated heterocycles. The highest BCUT2D eigenvalue weighted by Crippen LogP contribution is 2.30. The van der Waals surface area contributed by atoms with E-state index in [1.165, 1.54) is 6.33 Å². The van der Waals surface area contributed by atoms with Crippen LogP contribution in [-0.4, -0.2) is 15.0 Å². The Kier molecular flexibility index (Phi) is 3.06. The van der Waals surface area contributed by atoms with Crippen molar-refractivity contribution < 1.29 is 0 Å². The summed E-state index contributed by atoms with van der Waals surface area (Å²) in [5.74, 6) is 0.111. The molecule has 1 aromatic carbocycles. The summed E-state index contributed by atoms with van der Waals surface area (Å²) < 4.78 is 0. The number of nitrogens with one attached hydrogen (secondary N) is 1. The summed E-state index contributed by atoms with van der Waals surface area (Å²) in [6, 6.07) is 7.92. The predicted octanol–water partition coefficient (Wildman–Crippen LogP) is 3.11. The fraction of sp³-hybridized carbons (Fsp3) is 0.188. The second-order valence-electron chi connectivity index (χ2n) is 5.05. The van der Waals surface area contributed by atoms with Gasteiger partial charge in [0.25, 0.3) is 5.56 Å². The summed E-state index contributed by atoms with van der Waals surface area (Å²) in [5.41, 5.74) is 2.37. The van der Waals surface area contributed by atoms with Gasteiger partial charge < -0.3 is 4.98 Å². The molecule has 0 bridgehead atoms. The van der Waals surface area contributed by atoms with Gasteiger partial charge in [-0.15, -0.1) is 0 Å². The SMILES string of the molecule is CC(C)c1c(-c2cccc3cnccc23)nc[nH]c1=O. The van der Waals surface area contributed by atoms with Crippen LogP contribution in [0.2, 0.25) is 0 Å². The summed E-state index contributed by atoms with van der Waals surface area (Å²) in [4.78, 5) is 23.3. The quantitative estimate of drug-likeness (QED) is 0.774. The number of nitrogens with zero attached hydrogens (tertiary/aromatic N) is 2. The Morgan fingerprint density at radius 2 is 2.05 bits per heavy atom. The Balaban J connectivity index is 2.38. The van der Waals surface area contributed by atoms with Crippen LogP contribution in [0.25, 0.3) is 22.0 Å². The van der Waals surface area contributed by atoms with Crippen LogP contribution in [0.4, 0.5) is 0 Å². The maximum absolute atomic E-state index is 12.1. The number of fused-ring (bicyclic) bond motifs is 1. The van der Waals surface area contributed by atoms with Crippen LogP contribution in [0.5, 0.6) is 0 Å². The van der Waals surface area contributed by atoms with E-state index < -0.39 is 0 Å². The summed E-state index contributed by atoms with van der Waals surface area (Å²) in [6.07, 6.45) is 5.04. The standard InChI is InChI=1S/C16H15N3O/c1-10(2)14-15(18-9-19-16(14)20)13-5-3-4-11-8-17-7-6-12(11)13/h3-10H,1-2H3,(H,18,19,20). The van der Waals surface area contributed by atoms with Gasteiger partial charge in [0.05, 0.1) is 12.0 Å². The smallest absolute Gasteiger partial charge is 0.254 e. The molecule has 0 amide bonds. The molecule has 0 aliphatic carbocycles. The maximum Gasteiger partial charge on any atom is 0.254 e. The van der Waals surface area contributed by atoms with Crippen molar-refractivity contribution in [2.24, 2.45) is 0 Å². The Hall–Kier alpha value is -2.49. The fourth-order valence-electron chi connectivity index (χ4n) is 2.49. The Morgan fingerprint density at radius 1 is 1.20 bits per heavy atom. The van der Waals surface area contributed by atoms with E-state index in [0.717, 1.165) is 27.6 Å². The summed E-state index contributed by atoms with van der Waals surface area (Å²) in [5, 5.41) is 2.10. The molecule has 0 radical (unpaired) electrons. The number of benzene rings is 1. The van der Waals surface area contributed by atoms with Gasteiger partial charge in [-0.25, -0.2) is 4.98 Å². The first-order valence-electron chi connectivity index (χ1n) is 6.59. The summed E-state index contributed by atoms with van der Waals surface area (Å²) >= 11 is 0. The van der Waals surface area contributed by atoms with Crippen molar-refractivity contribution in [1.82, 2.24) is 15.0 Å². The number of pyridine rings is 1. The molecule has 0 atom stereocenters. The van der Waals surface area contributed by atoms with Gasteiger partial charge >= 0.3 is 0 Å². The molecule has 4 nitrogen and oxygen atoms in total. The van der Waals surface area contributed by atoms with Gasteiger partial charge in [0, 0.05) is 28.9 Å². The molecular weight excluding hydrogens is 250 g/mol. The first-order valence-corrected chi connectivity index (χ1v) is 6.59. The lowest BCUT2D eigenvalue weighted by Gasteiger charge is -2.12. The van der Waals surface area contributed by atoms with Crippen LogP contribution in [0.15, 0.2) is 47.8 Å². The van der Waals surface area contributed by atoms with Crippen molar-refractivity contribution in [2.45, 2.75) is 19.8 Å². The van der Waals surface area contributed by atoms with Crippen molar-refractivity contribution in [3.05, 3.63) is 58.9 Å². The van der Waals surface area contributed by atoms with E-state index in [4.69, 9.17) is 0 Å². The van der Waals surface area contributed by atoms with Crippen LogP contribution in [0.1, 0.15) is 25.3 Å². The van der Waals surface area contributed by atoms with Crippen LogP contribution >= 0.6 is 0 Å². The fourth-order valence-corrected chi connectivity index (χ4v) is 2.49. The van der Waals surface area contributed by atoms with Crippen molar-refractivity contribution >= 4 is 10.8 Å². The minimum absolute atomic E-state index is 0.0731. The van der Waals surface area contributed by atoms with Crippen LogP contribution in [-0.2, 0) is 0 Å². The van der Waals surface area contributed by atoms with E-state index in [2.05, 4.69) is 15.0 Å². The predicted molar refractivity (Wildman–Crippen MR) is 79.7 cm³/mol. The second kappa shape index (κ2) is 4.89. The first kappa shape index (κ1) is 12.5. The van der Waals surface area contributed by atoms with Crippen molar-refractivity contribution in [2.75, 3.05) is 0 Å². The number of H-pyrrole nitrogens is 1. The molecule has 0 saturated carbocycles. The zero-order valence-electron chi connectivity index (χ0n) is 11.4. The highest BCUT2D eigenvalue weighted by Gasteiger charge is 2.15. The maximum atomic E-state index is 12.1. The number of hydrogen-bond donors (Lipinski definition) is 1. The zero-order valence-corrected chi connectivity index (χ0v) is 11.4. The van der Waals surface area contributed by atoms with Crippen LogP contribution in [0.3, 0.4) is 0 Å². The van der Waals surface area contributed by atoms with E-state index in [-0.39, 0.29) is 11.5 Å². The van der Waals surface area contributed by atoms with Gasteiger partial charge in [-0.05, 0) is 17.4 Å². The third-order valence-electron chi connectivity index (χ3n) is 3.40. The minimum Gasteiger partial charge on any atom is -0.313 e. The van der Waals surface area contributed by atoms with Crippen molar-refractivity contribution in [1.29, 1.82) is 0 Å². The number of rotatable bonds is 2. The Morgan fingerprint density at radius 3 is 2.85 bits per heavy atom. The third-order valence-corrected chi connectivity index (χ3v) is 3.40. The number of aromatic amines is 1. The lowest BCUT2D eigenvalue weighted by molar-refractivity contribution is 0.834. The molecule has 3 rings (SSSR count). The average Bonchev–Trinajstić information content (AvgIpc) is 2.46. The van der Waals surface area contributed by atoms with E-state index in [0.29, 0.717) is 0 Å². The molecule has 1 N–H and O–H groups in total. The number of aromatic nitrogens is 3. The molecule has 2 heterocycles. The van der Waals surface area contributed by atoms with Gasteiger partial charge in [-0.3, -0.25) is 9.78 Å². The average molecular weight is 265 g/mol. The van der Waals surface area contributed by atoms with Crippen LogP contribution in [0, 0.1) is 0 Å². The Bertz CT molecular complexity index is 816. The van der Waals surface area contributed by atoms with E-state index in [9.17, 15) is 4.79 Å². The molecule has 2 aromatic heterocycles. The van der Waals surface area contributed by atoms with Gasteiger partial charge in [0.15, 0.2) is 0 Å². The summed E-state index contributed by atoms with van der Waals surface area (Å²) in [6.45, 7) is 4.00. The molecule has 0 unspecified atom stereocenters. The molecule has 0 aliphatic rings.